The average molecular weight is 310 g/mol. The van der Waals surface area contributed by atoms with Crippen molar-refractivity contribution in [1.29, 1.82) is 5.26 Å². The standard InChI is InChI=1S/C18H18N2OS/c1-11-4-3-5-13(8-11)17(21)20-18-15(10-19)14-9-12(2)6-7-16(14)22-18/h3-5,8,12H,6-7,9H2,1-2H3,(H,20,21)/t12-/m1/s1. The van der Waals surface area contributed by atoms with E-state index in [1.165, 1.54) is 4.88 Å². The molecule has 1 amide bonds. The quantitative estimate of drug-likeness (QED) is 0.899. The van der Waals surface area contributed by atoms with Gasteiger partial charge in [-0.1, -0.05) is 24.6 Å². The van der Waals surface area contributed by atoms with Crippen LogP contribution in [0.4, 0.5) is 5.00 Å². The van der Waals surface area contributed by atoms with E-state index in [9.17, 15) is 10.1 Å². The molecular weight excluding hydrogens is 292 g/mol. The number of thiophene rings is 1. The molecule has 0 spiro atoms. The summed E-state index contributed by atoms with van der Waals surface area (Å²) < 4.78 is 0. The van der Waals surface area contributed by atoms with Crippen LogP contribution in [0, 0.1) is 24.2 Å². The monoisotopic (exact) mass is 310 g/mol. The summed E-state index contributed by atoms with van der Waals surface area (Å²) >= 11 is 1.56. The molecule has 0 fully saturated rings. The number of aryl methyl sites for hydroxylation is 2. The fraction of sp³-hybridized carbons (Fsp3) is 0.333. The van der Waals surface area contributed by atoms with E-state index in [1.807, 2.05) is 25.1 Å². The van der Waals surface area contributed by atoms with Crippen LogP contribution in [0.2, 0.25) is 0 Å². The van der Waals surface area contributed by atoms with Crippen LogP contribution in [0.15, 0.2) is 24.3 Å². The Morgan fingerprint density at radius 2 is 2.27 bits per heavy atom. The van der Waals surface area contributed by atoms with E-state index in [0.29, 0.717) is 22.0 Å². The van der Waals surface area contributed by atoms with Crippen molar-refractivity contribution in [3.05, 3.63) is 51.4 Å². The molecule has 0 unspecified atom stereocenters. The van der Waals surface area contributed by atoms with Crippen molar-refractivity contribution in [2.45, 2.75) is 33.1 Å². The van der Waals surface area contributed by atoms with E-state index in [4.69, 9.17) is 0 Å². The summed E-state index contributed by atoms with van der Waals surface area (Å²) in [5.41, 5.74) is 3.48. The summed E-state index contributed by atoms with van der Waals surface area (Å²) in [7, 11) is 0. The molecule has 4 heteroatoms. The van der Waals surface area contributed by atoms with Crippen LogP contribution in [-0.2, 0) is 12.8 Å². The minimum Gasteiger partial charge on any atom is -0.312 e. The molecule has 1 aliphatic rings. The van der Waals surface area contributed by atoms with Gasteiger partial charge >= 0.3 is 0 Å². The van der Waals surface area contributed by atoms with Gasteiger partial charge in [0.2, 0.25) is 0 Å². The van der Waals surface area contributed by atoms with Gasteiger partial charge in [-0.15, -0.1) is 11.3 Å². The number of nitrogens with one attached hydrogen (secondary N) is 1. The molecule has 112 valence electrons. The summed E-state index contributed by atoms with van der Waals surface area (Å²) in [6.07, 6.45) is 3.11. The molecule has 3 nitrogen and oxygen atoms in total. The highest BCUT2D eigenvalue weighted by atomic mass is 32.1. The third-order valence-electron chi connectivity index (χ3n) is 4.13. The van der Waals surface area contributed by atoms with Gasteiger partial charge < -0.3 is 5.32 Å². The minimum atomic E-state index is -0.146. The van der Waals surface area contributed by atoms with Crippen LogP contribution >= 0.6 is 11.3 Å². The second kappa shape index (κ2) is 5.94. The highest BCUT2D eigenvalue weighted by Gasteiger charge is 2.24. The summed E-state index contributed by atoms with van der Waals surface area (Å²) in [5.74, 6) is 0.460. The number of rotatable bonds is 2. The largest absolute Gasteiger partial charge is 0.312 e. The number of hydrogen-bond acceptors (Lipinski definition) is 3. The summed E-state index contributed by atoms with van der Waals surface area (Å²) in [5, 5.41) is 13.1. The average Bonchev–Trinajstić information content (AvgIpc) is 2.83. The maximum Gasteiger partial charge on any atom is 0.256 e. The summed E-state index contributed by atoms with van der Waals surface area (Å²) in [4.78, 5) is 13.7. The third-order valence-corrected chi connectivity index (χ3v) is 5.33. The first-order valence-electron chi connectivity index (χ1n) is 7.51. The second-order valence-corrected chi connectivity index (χ2v) is 7.10. The zero-order valence-corrected chi connectivity index (χ0v) is 13.6. The van der Waals surface area contributed by atoms with Crippen molar-refractivity contribution in [3.63, 3.8) is 0 Å². The van der Waals surface area contributed by atoms with Crippen LogP contribution in [0.25, 0.3) is 0 Å². The van der Waals surface area contributed by atoms with Crippen molar-refractivity contribution < 1.29 is 4.79 Å². The molecule has 1 atom stereocenters. The number of nitrogens with zero attached hydrogens (tertiary/aromatic N) is 1. The first-order chi connectivity index (χ1) is 10.6. The lowest BCUT2D eigenvalue weighted by molar-refractivity contribution is 0.102. The van der Waals surface area contributed by atoms with Crippen molar-refractivity contribution in [2.24, 2.45) is 5.92 Å². The van der Waals surface area contributed by atoms with Crippen molar-refractivity contribution in [1.82, 2.24) is 0 Å². The molecule has 22 heavy (non-hydrogen) atoms. The lowest BCUT2D eigenvalue weighted by atomic mass is 9.88. The number of amides is 1. The number of carbonyl (C=O) groups is 1. The zero-order chi connectivity index (χ0) is 15.7. The van der Waals surface area contributed by atoms with E-state index >= 15 is 0 Å². The first kappa shape index (κ1) is 14.8. The van der Waals surface area contributed by atoms with Gasteiger partial charge in [0.15, 0.2) is 0 Å². The molecule has 1 heterocycles. The van der Waals surface area contributed by atoms with Gasteiger partial charge in [0, 0.05) is 10.4 Å². The maximum absolute atomic E-state index is 12.4. The van der Waals surface area contributed by atoms with Gasteiger partial charge in [-0.05, 0) is 49.8 Å². The number of hydrogen-bond donors (Lipinski definition) is 1. The van der Waals surface area contributed by atoms with Crippen molar-refractivity contribution in [2.75, 3.05) is 5.32 Å². The van der Waals surface area contributed by atoms with Crippen LogP contribution in [-0.4, -0.2) is 5.91 Å². The van der Waals surface area contributed by atoms with E-state index in [2.05, 4.69) is 18.3 Å². The van der Waals surface area contributed by atoms with Crippen LogP contribution < -0.4 is 5.32 Å². The smallest absolute Gasteiger partial charge is 0.256 e. The van der Waals surface area contributed by atoms with Gasteiger partial charge in [0.25, 0.3) is 5.91 Å². The number of benzene rings is 1. The molecule has 0 radical (unpaired) electrons. The highest BCUT2D eigenvalue weighted by molar-refractivity contribution is 7.16. The SMILES string of the molecule is Cc1cccc(C(=O)Nc2sc3c(c2C#N)C[C@H](C)CC3)c1. The summed E-state index contributed by atoms with van der Waals surface area (Å²) in [6, 6.07) is 9.77. The molecule has 2 aromatic rings. The Balaban J connectivity index is 1.90. The van der Waals surface area contributed by atoms with Gasteiger partial charge in [0.05, 0.1) is 5.56 Å². The molecule has 0 bridgehead atoms. The van der Waals surface area contributed by atoms with Gasteiger partial charge in [0.1, 0.15) is 11.1 Å². The molecule has 0 saturated heterocycles. The van der Waals surface area contributed by atoms with Crippen LogP contribution in [0.5, 0.6) is 0 Å². The molecule has 1 aromatic heterocycles. The summed E-state index contributed by atoms with van der Waals surface area (Å²) in [6.45, 7) is 4.18. The normalized spacial score (nSPS) is 16.7. The number of anilines is 1. The Labute approximate surface area is 134 Å². The Morgan fingerprint density at radius 3 is 3.00 bits per heavy atom. The van der Waals surface area contributed by atoms with Crippen molar-refractivity contribution in [3.8, 4) is 6.07 Å². The Bertz CT molecular complexity index is 770. The first-order valence-corrected chi connectivity index (χ1v) is 8.32. The minimum absolute atomic E-state index is 0.146. The zero-order valence-electron chi connectivity index (χ0n) is 12.8. The highest BCUT2D eigenvalue weighted by Crippen LogP contribution is 2.39. The Hall–Kier alpha value is -2.12. The van der Waals surface area contributed by atoms with E-state index in [1.54, 1.807) is 17.4 Å². The maximum atomic E-state index is 12.4. The van der Waals surface area contributed by atoms with Gasteiger partial charge in [-0.25, -0.2) is 0 Å². The molecule has 1 aliphatic carbocycles. The van der Waals surface area contributed by atoms with E-state index < -0.39 is 0 Å². The lowest BCUT2D eigenvalue weighted by Gasteiger charge is -2.17. The van der Waals surface area contributed by atoms with Gasteiger partial charge in [-0.3, -0.25) is 4.79 Å². The number of nitriles is 1. The predicted octanol–water partition coefficient (Wildman–Crippen LogP) is 4.31. The fourth-order valence-corrected chi connectivity index (χ4v) is 4.12. The van der Waals surface area contributed by atoms with Gasteiger partial charge in [-0.2, -0.15) is 5.26 Å². The molecule has 3 rings (SSSR count). The molecular formula is C18H18N2OS. The Morgan fingerprint density at radius 1 is 1.45 bits per heavy atom. The number of fused-ring (bicyclic) bond motifs is 1. The lowest BCUT2D eigenvalue weighted by Crippen LogP contribution is -2.12. The van der Waals surface area contributed by atoms with Crippen LogP contribution in [0.1, 0.15) is 45.3 Å². The fourth-order valence-electron chi connectivity index (χ4n) is 2.93. The van der Waals surface area contributed by atoms with E-state index in [-0.39, 0.29) is 5.91 Å². The second-order valence-electron chi connectivity index (χ2n) is 5.99. The Kier molecular flexibility index (Phi) is 4.00. The van der Waals surface area contributed by atoms with E-state index in [0.717, 1.165) is 30.4 Å². The molecule has 0 saturated carbocycles. The third kappa shape index (κ3) is 2.77. The van der Waals surface area contributed by atoms with Crippen LogP contribution in [0.3, 0.4) is 0 Å². The predicted molar refractivity (Wildman–Crippen MR) is 89.4 cm³/mol. The number of carbonyl (C=O) groups excluding carboxylic acids is 1. The molecule has 0 aliphatic heterocycles. The van der Waals surface area contributed by atoms with Crippen molar-refractivity contribution >= 4 is 22.2 Å². The molecule has 1 aromatic carbocycles. The molecule has 1 N–H and O–H groups in total. The topological polar surface area (TPSA) is 52.9 Å².